The first-order valence-electron chi connectivity index (χ1n) is 7.56. The summed E-state index contributed by atoms with van der Waals surface area (Å²) >= 11 is 0. The number of benzene rings is 1. The molecule has 0 amide bonds. The standard InChI is InChI=1S/C17H19FN2O2/c1-12-9-16(22-19-12)11-20-8-2-3-14(10-20)17(21)13-4-6-15(18)7-5-13/h4-7,9,14H,2-3,8,10-11H2,1H3/t14-/m1/s1. The van der Waals surface area contributed by atoms with Gasteiger partial charge >= 0.3 is 0 Å². The van der Waals surface area contributed by atoms with E-state index in [-0.39, 0.29) is 17.5 Å². The topological polar surface area (TPSA) is 46.3 Å². The van der Waals surface area contributed by atoms with Crippen molar-refractivity contribution in [3.8, 4) is 0 Å². The summed E-state index contributed by atoms with van der Waals surface area (Å²) in [6.45, 7) is 4.22. The lowest BCUT2D eigenvalue weighted by atomic mass is 9.90. The minimum Gasteiger partial charge on any atom is -0.360 e. The third-order valence-electron chi connectivity index (χ3n) is 4.06. The zero-order chi connectivity index (χ0) is 15.5. The first kappa shape index (κ1) is 14.9. The molecule has 1 fully saturated rings. The van der Waals surface area contributed by atoms with Gasteiger partial charge in [-0.2, -0.15) is 0 Å². The third kappa shape index (κ3) is 3.42. The van der Waals surface area contributed by atoms with Crippen molar-refractivity contribution in [2.75, 3.05) is 13.1 Å². The fourth-order valence-corrected chi connectivity index (χ4v) is 2.97. The second kappa shape index (κ2) is 6.40. The highest BCUT2D eigenvalue weighted by molar-refractivity contribution is 5.98. The molecule has 0 bridgehead atoms. The highest BCUT2D eigenvalue weighted by Crippen LogP contribution is 2.22. The Bertz CT molecular complexity index is 651. The molecule has 2 aromatic rings. The number of hydrogen-bond acceptors (Lipinski definition) is 4. The third-order valence-corrected chi connectivity index (χ3v) is 4.06. The average molecular weight is 302 g/mol. The summed E-state index contributed by atoms with van der Waals surface area (Å²) < 4.78 is 18.2. The van der Waals surface area contributed by atoms with Crippen LogP contribution in [-0.2, 0) is 6.54 Å². The van der Waals surface area contributed by atoms with Crippen molar-refractivity contribution in [1.29, 1.82) is 0 Å². The zero-order valence-electron chi connectivity index (χ0n) is 12.6. The van der Waals surface area contributed by atoms with Crippen LogP contribution in [0.2, 0.25) is 0 Å². The summed E-state index contributed by atoms with van der Waals surface area (Å²) in [6, 6.07) is 7.73. The van der Waals surface area contributed by atoms with E-state index in [1.165, 1.54) is 12.1 Å². The van der Waals surface area contributed by atoms with Crippen molar-refractivity contribution >= 4 is 5.78 Å². The molecule has 5 heteroatoms. The molecular weight excluding hydrogens is 283 g/mol. The van der Waals surface area contributed by atoms with Crippen LogP contribution in [0.15, 0.2) is 34.9 Å². The van der Waals surface area contributed by atoms with E-state index in [1.807, 2.05) is 13.0 Å². The van der Waals surface area contributed by atoms with Gasteiger partial charge in [-0.15, -0.1) is 0 Å². The fourth-order valence-electron chi connectivity index (χ4n) is 2.97. The molecule has 1 aromatic heterocycles. The van der Waals surface area contributed by atoms with E-state index in [2.05, 4.69) is 10.1 Å². The molecule has 3 rings (SSSR count). The maximum Gasteiger partial charge on any atom is 0.167 e. The molecule has 0 spiro atoms. The van der Waals surface area contributed by atoms with Crippen molar-refractivity contribution in [1.82, 2.24) is 10.1 Å². The first-order chi connectivity index (χ1) is 10.6. The van der Waals surface area contributed by atoms with Crippen LogP contribution in [0.5, 0.6) is 0 Å². The predicted molar refractivity (Wildman–Crippen MR) is 80.0 cm³/mol. The minimum atomic E-state index is -0.317. The van der Waals surface area contributed by atoms with Crippen LogP contribution in [0.4, 0.5) is 4.39 Å². The number of carbonyl (C=O) groups excluding carboxylic acids is 1. The number of aromatic nitrogens is 1. The molecule has 1 atom stereocenters. The smallest absolute Gasteiger partial charge is 0.167 e. The number of rotatable bonds is 4. The molecule has 1 aliphatic heterocycles. The maximum absolute atomic E-state index is 13.0. The predicted octanol–water partition coefficient (Wildman–Crippen LogP) is 3.22. The highest BCUT2D eigenvalue weighted by atomic mass is 19.1. The van der Waals surface area contributed by atoms with Crippen molar-refractivity contribution < 1.29 is 13.7 Å². The van der Waals surface area contributed by atoms with E-state index < -0.39 is 0 Å². The molecular formula is C17H19FN2O2. The Labute approximate surface area is 128 Å². The summed E-state index contributed by atoms with van der Waals surface area (Å²) in [4.78, 5) is 14.7. The van der Waals surface area contributed by atoms with Gasteiger partial charge < -0.3 is 4.52 Å². The lowest BCUT2D eigenvalue weighted by molar-refractivity contribution is 0.0799. The van der Waals surface area contributed by atoms with Crippen LogP contribution in [0, 0.1) is 18.7 Å². The quantitative estimate of drug-likeness (QED) is 0.814. The molecule has 0 radical (unpaired) electrons. The molecule has 1 saturated heterocycles. The summed E-state index contributed by atoms with van der Waals surface area (Å²) in [5.74, 6) is 0.566. The fraction of sp³-hybridized carbons (Fsp3) is 0.412. The molecule has 2 heterocycles. The molecule has 0 saturated carbocycles. The summed E-state index contributed by atoms with van der Waals surface area (Å²) in [7, 11) is 0. The highest BCUT2D eigenvalue weighted by Gasteiger charge is 2.27. The second-order valence-corrected chi connectivity index (χ2v) is 5.88. The number of nitrogens with zero attached hydrogens (tertiary/aromatic N) is 2. The largest absolute Gasteiger partial charge is 0.360 e. The Kier molecular flexibility index (Phi) is 4.34. The summed E-state index contributed by atoms with van der Waals surface area (Å²) in [6.07, 6.45) is 1.85. The number of aryl methyl sites for hydroxylation is 1. The number of likely N-dealkylation sites (tertiary alicyclic amines) is 1. The van der Waals surface area contributed by atoms with E-state index in [9.17, 15) is 9.18 Å². The number of piperidine rings is 1. The molecule has 1 aromatic carbocycles. The van der Waals surface area contributed by atoms with E-state index in [0.717, 1.165) is 30.8 Å². The van der Waals surface area contributed by atoms with Gasteiger partial charge in [-0.05, 0) is 50.6 Å². The van der Waals surface area contributed by atoms with Crippen LogP contribution in [0.3, 0.4) is 0 Å². The van der Waals surface area contributed by atoms with Gasteiger partial charge in [-0.3, -0.25) is 9.69 Å². The van der Waals surface area contributed by atoms with Crippen LogP contribution in [0.1, 0.15) is 34.7 Å². The van der Waals surface area contributed by atoms with Gasteiger partial charge in [-0.25, -0.2) is 4.39 Å². The van der Waals surface area contributed by atoms with Gasteiger partial charge in [0.25, 0.3) is 0 Å². The molecule has 0 unspecified atom stereocenters. The van der Waals surface area contributed by atoms with Gasteiger partial charge in [0.15, 0.2) is 11.5 Å². The van der Waals surface area contributed by atoms with Crippen molar-refractivity contribution in [3.05, 3.63) is 53.2 Å². The van der Waals surface area contributed by atoms with Crippen molar-refractivity contribution in [2.24, 2.45) is 5.92 Å². The summed E-state index contributed by atoms with van der Waals surface area (Å²) in [5, 5.41) is 3.89. The van der Waals surface area contributed by atoms with Crippen LogP contribution >= 0.6 is 0 Å². The molecule has 0 N–H and O–H groups in total. The minimum absolute atomic E-state index is 0.0387. The van der Waals surface area contributed by atoms with Gasteiger partial charge in [-0.1, -0.05) is 5.16 Å². The molecule has 116 valence electrons. The Morgan fingerprint density at radius 2 is 2.18 bits per heavy atom. The van der Waals surface area contributed by atoms with Crippen LogP contribution in [0.25, 0.3) is 0 Å². The number of hydrogen-bond donors (Lipinski definition) is 0. The molecule has 0 aliphatic carbocycles. The lowest BCUT2D eigenvalue weighted by Crippen LogP contribution is -2.38. The van der Waals surface area contributed by atoms with Crippen LogP contribution in [-0.4, -0.2) is 28.9 Å². The van der Waals surface area contributed by atoms with E-state index in [1.54, 1.807) is 12.1 Å². The molecule has 1 aliphatic rings. The molecule has 4 nitrogen and oxygen atoms in total. The van der Waals surface area contributed by atoms with Gasteiger partial charge in [0.2, 0.25) is 0 Å². The van der Waals surface area contributed by atoms with Gasteiger partial charge in [0.05, 0.1) is 12.2 Å². The van der Waals surface area contributed by atoms with Gasteiger partial charge in [0.1, 0.15) is 5.82 Å². The Morgan fingerprint density at radius 3 is 2.86 bits per heavy atom. The number of ketones is 1. The van der Waals surface area contributed by atoms with Crippen molar-refractivity contribution in [2.45, 2.75) is 26.3 Å². The normalized spacial score (nSPS) is 19.3. The Balaban J connectivity index is 1.64. The molecule has 22 heavy (non-hydrogen) atoms. The monoisotopic (exact) mass is 302 g/mol. The average Bonchev–Trinajstić information content (AvgIpc) is 2.93. The number of carbonyl (C=O) groups is 1. The van der Waals surface area contributed by atoms with Crippen molar-refractivity contribution in [3.63, 3.8) is 0 Å². The van der Waals surface area contributed by atoms with E-state index in [0.29, 0.717) is 18.7 Å². The SMILES string of the molecule is Cc1cc(CN2CCC[C@@H](C(=O)c3ccc(F)cc3)C2)on1. The number of halogens is 1. The van der Waals surface area contributed by atoms with E-state index in [4.69, 9.17) is 4.52 Å². The van der Waals surface area contributed by atoms with E-state index >= 15 is 0 Å². The van der Waals surface area contributed by atoms with Gasteiger partial charge in [0, 0.05) is 24.1 Å². The maximum atomic E-state index is 13.0. The Hall–Kier alpha value is -2.01. The second-order valence-electron chi connectivity index (χ2n) is 5.88. The first-order valence-corrected chi connectivity index (χ1v) is 7.56. The lowest BCUT2D eigenvalue weighted by Gasteiger charge is -2.31. The zero-order valence-corrected chi connectivity index (χ0v) is 12.6. The Morgan fingerprint density at radius 1 is 1.41 bits per heavy atom. The summed E-state index contributed by atoms with van der Waals surface area (Å²) in [5.41, 5.74) is 1.45. The van der Waals surface area contributed by atoms with Crippen LogP contribution < -0.4 is 0 Å². The number of Topliss-reactive ketones (excluding diaryl/α,β-unsaturated/α-hetero) is 1.